The average Bonchev–Trinajstić information content (AvgIpc) is 2.67. The molecule has 2 aromatic carbocycles. The quantitative estimate of drug-likeness (QED) is 0.748. The van der Waals surface area contributed by atoms with Crippen molar-refractivity contribution >= 4 is 25.7 Å². The fourth-order valence-corrected chi connectivity index (χ4v) is 6.35. The number of benzene rings is 2. The maximum Gasteiger partial charge on any atom is 0.261 e. The lowest BCUT2D eigenvalue weighted by Crippen LogP contribution is -2.42. The summed E-state index contributed by atoms with van der Waals surface area (Å²) in [5.41, 5.74) is 0.292. The highest BCUT2D eigenvalue weighted by Gasteiger charge is 2.31. The lowest BCUT2D eigenvalue weighted by molar-refractivity contribution is 0.222. The van der Waals surface area contributed by atoms with E-state index in [0.29, 0.717) is 36.4 Å². The van der Waals surface area contributed by atoms with Crippen molar-refractivity contribution in [1.82, 2.24) is 4.31 Å². The number of hydrogen-bond donors (Lipinski definition) is 1. The standard InChI is InChI=1S/C20H26N2O5S2/c1-15-12-16(2)14-22(13-15)29(25,26)20-8-4-17(5-9-20)21-28(23,24)19-10-6-18(27-3)7-11-19/h4-11,15-16,21H,12-14H2,1-3H3. The molecule has 2 aromatic rings. The van der Waals surface area contributed by atoms with Crippen LogP contribution >= 0.6 is 0 Å². The zero-order chi connectivity index (χ0) is 21.2. The van der Waals surface area contributed by atoms with Crippen LogP contribution in [0.4, 0.5) is 5.69 Å². The molecule has 29 heavy (non-hydrogen) atoms. The average molecular weight is 439 g/mol. The number of hydrogen-bond acceptors (Lipinski definition) is 5. The highest BCUT2D eigenvalue weighted by molar-refractivity contribution is 7.92. The van der Waals surface area contributed by atoms with Crippen LogP contribution in [0.5, 0.6) is 5.75 Å². The van der Waals surface area contributed by atoms with Crippen molar-refractivity contribution in [2.24, 2.45) is 11.8 Å². The van der Waals surface area contributed by atoms with Crippen LogP contribution in [0.3, 0.4) is 0 Å². The van der Waals surface area contributed by atoms with E-state index in [-0.39, 0.29) is 9.79 Å². The van der Waals surface area contributed by atoms with Gasteiger partial charge in [-0.05, 0) is 66.8 Å². The van der Waals surface area contributed by atoms with Gasteiger partial charge in [0.1, 0.15) is 5.75 Å². The van der Waals surface area contributed by atoms with Gasteiger partial charge in [0.05, 0.1) is 16.9 Å². The van der Waals surface area contributed by atoms with Crippen LogP contribution in [0, 0.1) is 11.8 Å². The number of rotatable bonds is 6. The van der Waals surface area contributed by atoms with E-state index in [1.165, 1.54) is 47.8 Å². The van der Waals surface area contributed by atoms with Gasteiger partial charge in [-0.15, -0.1) is 0 Å². The predicted octanol–water partition coefficient (Wildman–Crippen LogP) is 3.16. The first kappa shape index (κ1) is 21.6. The molecule has 7 nitrogen and oxygen atoms in total. The van der Waals surface area contributed by atoms with Crippen LogP contribution in [0.15, 0.2) is 58.3 Å². The van der Waals surface area contributed by atoms with Gasteiger partial charge in [-0.3, -0.25) is 4.72 Å². The molecule has 9 heteroatoms. The number of ether oxygens (including phenoxy) is 1. The number of anilines is 1. The van der Waals surface area contributed by atoms with E-state index in [4.69, 9.17) is 4.74 Å². The molecule has 0 spiro atoms. The van der Waals surface area contributed by atoms with Crippen LogP contribution in [0.1, 0.15) is 20.3 Å². The van der Waals surface area contributed by atoms with Gasteiger partial charge < -0.3 is 4.74 Å². The van der Waals surface area contributed by atoms with Crippen molar-refractivity contribution in [1.29, 1.82) is 0 Å². The van der Waals surface area contributed by atoms with Crippen molar-refractivity contribution in [2.75, 3.05) is 24.9 Å². The summed E-state index contributed by atoms with van der Waals surface area (Å²) in [6.45, 7) is 5.10. The van der Waals surface area contributed by atoms with Gasteiger partial charge in [0.2, 0.25) is 10.0 Å². The van der Waals surface area contributed by atoms with Crippen LogP contribution in [-0.2, 0) is 20.0 Å². The van der Waals surface area contributed by atoms with E-state index in [2.05, 4.69) is 18.6 Å². The van der Waals surface area contributed by atoms with Crippen molar-refractivity contribution in [3.05, 3.63) is 48.5 Å². The molecule has 1 aliphatic heterocycles. The summed E-state index contributed by atoms with van der Waals surface area (Å²) in [6, 6.07) is 11.8. The van der Waals surface area contributed by atoms with Gasteiger partial charge in [0.25, 0.3) is 10.0 Å². The highest BCUT2D eigenvalue weighted by Crippen LogP contribution is 2.27. The van der Waals surface area contributed by atoms with Crippen LogP contribution in [-0.4, -0.2) is 41.3 Å². The summed E-state index contributed by atoms with van der Waals surface area (Å²) in [5, 5.41) is 0. The SMILES string of the molecule is COc1ccc(S(=O)(=O)Nc2ccc(S(=O)(=O)N3CC(C)CC(C)C3)cc2)cc1. The molecule has 1 N–H and O–H groups in total. The topological polar surface area (TPSA) is 92.8 Å². The molecule has 158 valence electrons. The van der Waals surface area contributed by atoms with E-state index in [1.54, 1.807) is 12.1 Å². The third-order valence-electron chi connectivity index (χ3n) is 4.95. The minimum atomic E-state index is -3.79. The maximum absolute atomic E-state index is 12.9. The molecule has 1 fully saturated rings. The lowest BCUT2D eigenvalue weighted by atomic mass is 9.94. The van der Waals surface area contributed by atoms with E-state index >= 15 is 0 Å². The third kappa shape index (κ3) is 4.91. The summed E-state index contributed by atoms with van der Waals surface area (Å²) < 4.78 is 59.9. The summed E-state index contributed by atoms with van der Waals surface area (Å²) in [4.78, 5) is 0.248. The Bertz CT molecular complexity index is 1040. The Morgan fingerprint density at radius 2 is 1.38 bits per heavy atom. The van der Waals surface area contributed by atoms with Gasteiger partial charge >= 0.3 is 0 Å². The van der Waals surface area contributed by atoms with Crippen molar-refractivity contribution in [2.45, 2.75) is 30.1 Å². The summed E-state index contributed by atoms with van der Waals surface area (Å²) in [7, 11) is -5.89. The molecule has 1 aliphatic rings. The first-order chi connectivity index (χ1) is 13.6. The molecule has 1 saturated heterocycles. The molecule has 0 radical (unpaired) electrons. The number of methoxy groups -OCH3 is 1. The Morgan fingerprint density at radius 3 is 1.90 bits per heavy atom. The Morgan fingerprint density at radius 1 is 0.862 bits per heavy atom. The van der Waals surface area contributed by atoms with Crippen molar-refractivity contribution in [3.8, 4) is 5.75 Å². The molecule has 2 unspecified atom stereocenters. The Hall–Kier alpha value is -2.10. The molecule has 1 heterocycles. The number of piperidine rings is 1. The van der Waals surface area contributed by atoms with Gasteiger partial charge in [-0.1, -0.05) is 13.8 Å². The molecule has 2 atom stereocenters. The molecule has 0 bridgehead atoms. The molecule has 0 aliphatic carbocycles. The number of sulfonamides is 2. The molecule has 0 aromatic heterocycles. The van der Waals surface area contributed by atoms with Crippen molar-refractivity contribution < 1.29 is 21.6 Å². The zero-order valence-electron chi connectivity index (χ0n) is 16.7. The van der Waals surface area contributed by atoms with Gasteiger partial charge in [-0.2, -0.15) is 4.31 Å². The Kier molecular flexibility index (Phi) is 6.21. The monoisotopic (exact) mass is 438 g/mol. The molecule has 0 amide bonds. The van der Waals surface area contributed by atoms with Gasteiger partial charge in [-0.25, -0.2) is 16.8 Å². The number of nitrogens with zero attached hydrogens (tertiary/aromatic N) is 1. The zero-order valence-corrected chi connectivity index (χ0v) is 18.3. The number of nitrogens with one attached hydrogen (secondary N) is 1. The normalized spacial score (nSPS) is 20.9. The molecular formula is C20H26N2O5S2. The Balaban J connectivity index is 1.77. The fraction of sp³-hybridized carbons (Fsp3) is 0.400. The molecular weight excluding hydrogens is 412 g/mol. The van der Waals surface area contributed by atoms with Gasteiger partial charge in [0.15, 0.2) is 0 Å². The van der Waals surface area contributed by atoms with E-state index in [9.17, 15) is 16.8 Å². The van der Waals surface area contributed by atoms with E-state index in [1.807, 2.05) is 0 Å². The molecule has 0 saturated carbocycles. The second-order valence-corrected chi connectivity index (χ2v) is 11.2. The van der Waals surface area contributed by atoms with E-state index < -0.39 is 20.0 Å². The predicted molar refractivity (Wildman–Crippen MR) is 112 cm³/mol. The maximum atomic E-state index is 12.9. The summed E-state index contributed by atoms with van der Waals surface area (Å²) in [6.07, 6.45) is 1.01. The van der Waals surface area contributed by atoms with Crippen molar-refractivity contribution in [3.63, 3.8) is 0 Å². The van der Waals surface area contributed by atoms with E-state index in [0.717, 1.165) is 6.42 Å². The summed E-state index contributed by atoms with van der Waals surface area (Å²) >= 11 is 0. The minimum absolute atomic E-state index is 0.0892. The second-order valence-electron chi connectivity index (χ2n) is 7.57. The highest BCUT2D eigenvalue weighted by atomic mass is 32.2. The molecule has 3 rings (SSSR count). The van der Waals surface area contributed by atoms with Crippen LogP contribution in [0.2, 0.25) is 0 Å². The third-order valence-corrected chi connectivity index (χ3v) is 8.19. The van der Waals surface area contributed by atoms with Crippen LogP contribution in [0.25, 0.3) is 0 Å². The first-order valence-electron chi connectivity index (χ1n) is 9.39. The smallest absolute Gasteiger partial charge is 0.261 e. The minimum Gasteiger partial charge on any atom is -0.497 e. The second kappa shape index (κ2) is 8.33. The Labute approximate surface area is 172 Å². The lowest BCUT2D eigenvalue weighted by Gasteiger charge is -2.34. The summed E-state index contributed by atoms with van der Waals surface area (Å²) in [5.74, 6) is 1.17. The largest absolute Gasteiger partial charge is 0.497 e. The van der Waals surface area contributed by atoms with Crippen LogP contribution < -0.4 is 9.46 Å². The first-order valence-corrected chi connectivity index (χ1v) is 12.3. The van der Waals surface area contributed by atoms with Gasteiger partial charge in [0, 0.05) is 18.8 Å². The fourth-order valence-electron chi connectivity index (χ4n) is 3.61.